The van der Waals surface area contributed by atoms with Crippen LogP contribution in [0.2, 0.25) is 0 Å². The lowest BCUT2D eigenvalue weighted by Gasteiger charge is -2.24. The van der Waals surface area contributed by atoms with E-state index in [4.69, 9.17) is 14.7 Å². The Balaban J connectivity index is 2.10. The van der Waals surface area contributed by atoms with Crippen molar-refractivity contribution in [2.75, 3.05) is 13.2 Å². The highest BCUT2D eigenvalue weighted by molar-refractivity contribution is 5.54. The summed E-state index contributed by atoms with van der Waals surface area (Å²) in [5, 5.41) is 9.09. The zero-order valence-electron chi connectivity index (χ0n) is 8.32. The van der Waals surface area contributed by atoms with E-state index in [2.05, 4.69) is 12.1 Å². The van der Waals surface area contributed by atoms with Crippen molar-refractivity contribution >= 4 is 0 Å². The molecule has 0 saturated carbocycles. The first kappa shape index (κ1) is 8.60. The zero-order valence-corrected chi connectivity index (χ0v) is 8.32. The van der Waals surface area contributed by atoms with Gasteiger partial charge in [0.05, 0.1) is 37.0 Å². The van der Waals surface area contributed by atoms with Crippen LogP contribution in [0, 0.1) is 17.2 Å². The van der Waals surface area contributed by atoms with Gasteiger partial charge in [-0.2, -0.15) is 5.26 Å². The maximum atomic E-state index is 9.09. The lowest BCUT2D eigenvalue weighted by molar-refractivity contribution is 0.221. The van der Waals surface area contributed by atoms with Crippen LogP contribution in [0.25, 0.3) is 0 Å². The molecule has 15 heavy (non-hydrogen) atoms. The van der Waals surface area contributed by atoms with Gasteiger partial charge in [-0.1, -0.05) is 6.08 Å². The third-order valence-corrected chi connectivity index (χ3v) is 3.07. The maximum Gasteiger partial charge on any atom is 0.130 e. The normalized spacial score (nSPS) is 27.8. The molecule has 1 unspecified atom stereocenters. The van der Waals surface area contributed by atoms with E-state index in [1.165, 1.54) is 5.57 Å². The summed E-state index contributed by atoms with van der Waals surface area (Å²) in [5.41, 5.74) is 3.38. The molecule has 0 amide bonds. The SMILES string of the molecule is N#CC1C=C2CCOC=C2C2=C1CCO2. The maximum absolute atomic E-state index is 9.09. The van der Waals surface area contributed by atoms with Gasteiger partial charge < -0.3 is 9.47 Å². The molecule has 0 saturated heterocycles. The number of allylic oxidation sites excluding steroid dienone is 2. The quantitative estimate of drug-likeness (QED) is 0.602. The van der Waals surface area contributed by atoms with E-state index in [9.17, 15) is 0 Å². The molecule has 2 heterocycles. The molecule has 0 radical (unpaired) electrons. The molecule has 3 heteroatoms. The Morgan fingerprint density at radius 1 is 1.33 bits per heavy atom. The number of nitriles is 1. The Hall–Kier alpha value is -1.69. The largest absolute Gasteiger partial charge is 0.500 e. The first-order valence-electron chi connectivity index (χ1n) is 5.19. The average Bonchev–Trinajstić information content (AvgIpc) is 2.77. The summed E-state index contributed by atoms with van der Waals surface area (Å²) in [5.74, 6) is 0.812. The Morgan fingerprint density at radius 3 is 3.13 bits per heavy atom. The number of hydrogen-bond donors (Lipinski definition) is 0. The highest BCUT2D eigenvalue weighted by Crippen LogP contribution is 2.41. The summed E-state index contributed by atoms with van der Waals surface area (Å²) in [6.07, 6.45) is 5.57. The second-order valence-corrected chi connectivity index (χ2v) is 3.90. The van der Waals surface area contributed by atoms with Crippen LogP contribution in [0.4, 0.5) is 0 Å². The summed E-state index contributed by atoms with van der Waals surface area (Å²) in [7, 11) is 0. The molecular formula is C12H11NO2. The third-order valence-electron chi connectivity index (χ3n) is 3.07. The summed E-state index contributed by atoms with van der Waals surface area (Å²) in [6, 6.07) is 2.33. The van der Waals surface area contributed by atoms with E-state index in [-0.39, 0.29) is 5.92 Å². The van der Waals surface area contributed by atoms with Crippen LogP contribution < -0.4 is 0 Å². The van der Waals surface area contributed by atoms with Crippen molar-refractivity contribution in [2.24, 2.45) is 5.92 Å². The van der Waals surface area contributed by atoms with Crippen molar-refractivity contribution in [3.63, 3.8) is 0 Å². The average molecular weight is 201 g/mol. The fraction of sp³-hybridized carbons (Fsp3) is 0.417. The highest BCUT2D eigenvalue weighted by atomic mass is 16.5. The minimum Gasteiger partial charge on any atom is -0.500 e. The van der Waals surface area contributed by atoms with Crippen molar-refractivity contribution in [1.82, 2.24) is 0 Å². The lowest BCUT2D eigenvalue weighted by atomic mass is 9.84. The Labute approximate surface area is 88.3 Å². The number of hydrogen-bond acceptors (Lipinski definition) is 3. The van der Waals surface area contributed by atoms with Gasteiger partial charge in [0, 0.05) is 12.8 Å². The lowest BCUT2D eigenvalue weighted by Crippen LogP contribution is -2.14. The zero-order chi connectivity index (χ0) is 10.3. The van der Waals surface area contributed by atoms with Crippen LogP contribution in [0.3, 0.4) is 0 Å². The predicted octanol–water partition coefficient (Wildman–Crippen LogP) is 2.04. The Bertz CT molecular complexity index is 437. The molecule has 3 aliphatic rings. The monoisotopic (exact) mass is 201 g/mol. The molecule has 1 atom stereocenters. The topological polar surface area (TPSA) is 42.2 Å². The molecule has 3 rings (SSSR count). The molecule has 3 nitrogen and oxygen atoms in total. The number of ether oxygens (including phenoxy) is 2. The minimum absolute atomic E-state index is 0.0900. The van der Waals surface area contributed by atoms with Gasteiger partial charge in [0.15, 0.2) is 0 Å². The standard InChI is InChI=1S/C12H11NO2/c13-6-9-5-8-1-3-14-7-11(8)12-10(9)2-4-15-12/h5,7,9H,1-4H2. The molecular weight excluding hydrogens is 190 g/mol. The predicted molar refractivity (Wildman–Crippen MR) is 53.4 cm³/mol. The number of nitrogens with zero attached hydrogens (tertiary/aromatic N) is 1. The van der Waals surface area contributed by atoms with Crippen LogP contribution in [0.1, 0.15) is 12.8 Å². The second kappa shape index (κ2) is 3.16. The molecule has 1 aliphatic carbocycles. The Morgan fingerprint density at radius 2 is 2.27 bits per heavy atom. The fourth-order valence-electron chi connectivity index (χ4n) is 2.33. The molecule has 0 aromatic rings. The Kier molecular flexibility index (Phi) is 1.81. The van der Waals surface area contributed by atoms with Crippen molar-refractivity contribution in [2.45, 2.75) is 12.8 Å². The van der Waals surface area contributed by atoms with E-state index >= 15 is 0 Å². The summed E-state index contributed by atoms with van der Waals surface area (Å²) < 4.78 is 10.9. The van der Waals surface area contributed by atoms with Gasteiger partial charge >= 0.3 is 0 Å². The molecule has 0 aromatic heterocycles. The van der Waals surface area contributed by atoms with Crippen LogP contribution in [-0.4, -0.2) is 13.2 Å². The summed E-state index contributed by atoms with van der Waals surface area (Å²) >= 11 is 0. The minimum atomic E-state index is -0.0900. The van der Waals surface area contributed by atoms with E-state index in [0.717, 1.165) is 29.7 Å². The van der Waals surface area contributed by atoms with E-state index in [0.29, 0.717) is 13.2 Å². The first-order valence-corrected chi connectivity index (χ1v) is 5.19. The van der Waals surface area contributed by atoms with Crippen LogP contribution in [0.5, 0.6) is 0 Å². The van der Waals surface area contributed by atoms with Gasteiger partial charge in [0.2, 0.25) is 0 Å². The summed E-state index contributed by atoms with van der Waals surface area (Å²) in [6.45, 7) is 1.40. The van der Waals surface area contributed by atoms with Crippen molar-refractivity contribution < 1.29 is 9.47 Å². The summed E-state index contributed by atoms with van der Waals surface area (Å²) in [4.78, 5) is 0. The van der Waals surface area contributed by atoms with Gasteiger partial charge in [-0.15, -0.1) is 0 Å². The highest BCUT2D eigenvalue weighted by Gasteiger charge is 2.32. The smallest absolute Gasteiger partial charge is 0.130 e. The number of rotatable bonds is 0. The van der Waals surface area contributed by atoms with Gasteiger partial charge in [0.1, 0.15) is 5.76 Å². The van der Waals surface area contributed by atoms with Gasteiger partial charge in [0.25, 0.3) is 0 Å². The van der Waals surface area contributed by atoms with E-state index < -0.39 is 0 Å². The molecule has 0 aromatic carbocycles. The fourth-order valence-corrected chi connectivity index (χ4v) is 2.33. The molecule has 2 aliphatic heterocycles. The molecule has 76 valence electrons. The third kappa shape index (κ3) is 1.18. The van der Waals surface area contributed by atoms with Gasteiger partial charge in [-0.05, 0) is 11.1 Å². The van der Waals surface area contributed by atoms with Crippen LogP contribution >= 0.6 is 0 Å². The van der Waals surface area contributed by atoms with E-state index in [1.54, 1.807) is 6.26 Å². The molecule has 0 bridgehead atoms. The first-order chi connectivity index (χ1) is 7.40. The molecule has 0 N–H and O–H groups in total. The van der Waals surface area contributed by atoms with Crippen molar-refractivity contribution in [3.8, 4) is 6.07 Å². The van der Waals surface area contributed by atoms with Crippen molar-refractivity contribution in [3.05, 3.63) is 34.8 Å². The van der Waals surface area contributed by atoms with Gasteiger partial charge in [-0.3, -0.25) is 0 Å². The molecule has 0 fully saturated rings. The van der Waals surface area contributed by atoms with Crippen molar-refractivity contribution in [1.29, 1.82) is 5.26 Å². The van der Waals surface area contributed by atoms with E-state index in [1.807, 2.05) is 0 Å². The van der Waals surface area contributed by atoms with Crippen LogP contribution in [-0.2, 0) is 9.47 Å². The molecule has 0 spiro atoms. The second-order valence-electron chi connectivity index (χ2n) is 3.90. The number of fused-ring (bicyclic) bond motifs is 2. The van der Waals surface area contributed by atoms with Crippen LogP contribution in [0.15, 0.2) is 34.8 Å². The van der Waals surface area contributed by atoms with Gasteiger partial charge in [-0.25, -0.2) is 0 Å².